The Labute approximate surface area is 120 Å². The monoisotopic (exact) mass is 273 g/mol. The lowest BCUT2D eigenvalue weighted by Crippen LogP contribution is -2.46. The lowest BCUT2D eigenvalue weighted by Gasteiger charge is -2.27. The Hall–Kier alpha value is -1.39. The Bertz CT molecular complexity index is 444. The van der Waals surface area contributed by atoms with Gasteiger partial charge in [-0.15, -0.1) is 0 Å². The highest BCUT2D eigenvalue weighted by atomic mass is 16.1. The third kappa shape index (κ3) is 3.19. The summed E-state index contributed by atoms with van der Waals surface area (Å²) in [5.41, 5.74) is 2.68. The number of carbonyl (C=O) groups is 1. The highest BCUT2D eigenvalue weighted by molar-refractivity contribution is 5.80. The van der Waals surface area contributed by atoms with E-state index in [1.807, 2.05) is 0 Å². The van der Waals surface area contributed by atoms with Crippen molar-refractivity contribution in [1.82, 2.24) is 15.5 Å². The number of benzene rings is 1. The molecule has 1 amide bonds. The summed E-state index contributed by atoms with van der Waals surface area (Å²) in [6.45, 7) is 6.03. The van der Waals surface area contributed by atoms with Gasteiger partial charge < -0.3 is 10.6 Å². The van der Waals surface area contributed by atoms with Gasteiger partial charge in [0.15, 0.2) is 0 Å². The van der Waals surface area contributed by atoms with Crippen molar-refractivity contribution in [3.05, 3.63) is 35.4 Å². The molecule has 0 spiro atoms. The van der Waals surface area contributed by atoms with Crippen molar-refractivity contribution in [2.45, 2.75) is 12.8 Å². The first kappa shape index (κ1) is 13.6. The molecule has 1 aliphatic carbocycles. The van der Waals surface area contributed by atoms with Crippen molar-refractivity contribution in [2.24, 2.45) is 5.92 Å². The predicted molar refractivity (Wildman–Crippen MR) is 79.7 cm³/mol. The summed E-state index contributed by atoms with van der Waals surface area (Å²) in [5, 5.41) is 6.45. The van der Waals surface area contributed by atoms with Crippen LogP contribution in [0.25, 0.3) is 0 Å². The summed E-state index contributed by atoms with van der Waals surface area (Å²) >= 11 is 0. The largest absolute Gasteiger partial charge is 0.355 e. The van der Waals surface area contributed by atoms with Gasteiger partial charge in [0.25, 0.3) is 0 Å². The van der Waals surface area contributed by atoms with Crippen molar-refractivity contribution in [1.29, 1.82) is 0 Å². The number of carbonyl (C=O) groups excluding carboxylic acids is 1. The molecule has 3 rings (SSSR count). The highest BCUT2D eigenvalue weighted by Crippen LogP contribution is 2.26. The quantitative estimate of drug-likeness (QED) is 0.836. The molecule has 0 saturated carbocycles. The Morgan fingerprint density at radius 2 is 1.85 bits per heavy atom. The van der Waals surface area contributed by atoms with Crippen LogP contribution in [-0.2, 0) is 17.6 Å². The van der Waals surface area contributed by atoms with Gasteiger partial charge in [-0.1, -0.05) is 24.3 Å². The van der Waals surface area contributed by atoms with Gasteiger partial charge in [0.2, 0.25) is 5.91 Å². The first-order valence-electron chi connectivity index (χ1n) is 7.60. The minimum Gasteiger partial charge on any atom is -0.355 e. The zero-order valence-corrected chi connectivity index (χ0v) is 11.9. The van der Waals surface area contributed by atoms with Crippen LogP contribution in [0.3, 0.4) is 0 Å². The van der Waals surface area contributed by atoms with E-state index in [1.54, 1.807) is 0 Å². The minimum absolute atomic E-state index is 0.135. The topological polar surface area (TPSA) is 44.4 Å². The average molecular weight is 273 g/mol. The summed E-state index contributed by atoms with van der Waals surface area (Å²) in [6.07, 6.45) is 1.80. The van der Waals surface area contributed by atoms with Crippen molar-refractivity contribution >= 4 is 5.91 Å². The Kier molecular flexibility index (Phi) is 4.33. The summed E-state index contributed by atoms with van der Waals surface area (Å²) in [7, 11) is 0. The SMILES string of the molecule is O=C(NCCN1CCNCC1)C1Cc2ccccc2C1. The molecule has 20 heavy (non-hydrogen) atoms. The normalized spacial score (nSPS) is 19.8. The van der Waals surface area contributed by atoms with E-state index in [0.717, 1.165) is 52.1 Å². The van der Waals surface area contributed by atoms with Gasteiger partial charge in [-0.2, -0.15) is 0 Å². The van der Waals surface area contributed by atoms with Crippen LogP contribution in [0.2, 0.25) is 0 Å². The molecule has 1 aromatic rings. The van der Waals surface area contributed by atoms with Gasteiger partial charge in [0.05, 0.1) is 0 Å². The third-order valence-corrected chi connectivity index (χ3v) is 4.36. The fraction of sp³-hybridized carbons (Fsp3) is 0.562. The second-order valence-corrected chi connectivity index (χ2v) is 5.76. The second-order valence-electron chi connectivity index (χ2n) is 5.76. The van der Waals surface area contributed by atoms with Crippen molar-refractivity contribution in [3.8, 4) is 0 Å². The number of rotatable bonds is 4. The molecule has 0 unspecified atom stereocenters. The molecule has 1 aromatic carbocycles. The van der Waals surface area contributed by atoms with Gasteiger partial charge >= 0.3 is 0 Å². The number of fused-ring (bicyclic) bond motifs is 1. The van der Waals surface area contributed by atoms with Crippen LogP contribution < -0.4 is 10.6 Å². The molecule has 2 N–H and O–H groups in total. The molecule has 4 nitrogen and oxygen atoms in total. The number of hydrogen-bond acceptors (Lipinski definition) is 3. The van der Waals surface area contributed by atoms with E-state index >= 15 is 0 Å². The van der Waals surface area contributed by atoms with Crippen molar-refractivity contribution < 1.29 is 4.79 Å². The number of amides is 1. The smallest absolute Gasteiger partial charge is 0.223 e. The highest BCUT2D eigenvalue weighted by Gasteiger charge is 2.26. The summed E-state index contributed by atoms with van der Waals surface area (Å²) in [6, 6.07) is 8.40. The number of nitrogens with zero attached hydrogens (tertiary/aromatic N) is 1. The first-order valence-corrected chi connectivity index (χ1v) is 7.60. The second kappa shape index (κ2) is 6.37. The van der Waals surface area contributed by atoms with Crippen molar-refractivity contribution in [3.63, 3.8) is 0 Å². The molecule has 0 radical (unpaired) electrons. The van der Waals surface area contributed by atoms with E-state index in [1.165, 1.54) is 11.1 Å². The Morgan fingerprint density at radius 1 is 1.20 bits per heavy atom. The number of nitrogens with one attached hydrogen (secondary N) is 2. The van der Waals surface area contributed by atoms with Gasteiger partial charge in [0.1, 0.15) is 0 Å². The molecule has 0 bridgehead atoms. The maximum atomic E-state index is 12.2. The van der Waals surface area contributed by atoms with Gasteiger partial charge in [-0.3, -0.25) is 9.69 Å². The molecular weight excluding hydrogens is 250 g/mol. The molecule has 108 valence electrons. The van der Waals surface area contributed by atoms with Crippen LogP contribution in [0.15, 0.2) is 24.3 Å². The molecule has 1 saturated heterocycles. The number of piperazine rings is 1. The molecule has 4 heteroatoms. The van der Waals surface area contributed by atoms with Crippen LogP contribution in [0, 0.1) is 5.92 Å². The number of hydrogen-bond donors (Lipinski definition) is 2. The van der Waals surface area contributed by atoms with Crippen LogP contribution in [0.5, 0.6) is 0 Å². The predicted octanol–water partition coefficient (Wildman–Crippen LogP) is 0.423. The molecule has 0 aromatic heterocycles. The van der Waals surface area contributed by atoms with Crippen LogP contribution in [0.4, 0.5) is 0 Å². The third-order valence-electron chi connectivity index (χ3n) is 4.36. The summed E-state index contributed by atoms with van der Waals surface area (Å²) < 4.78 is 0. The van der Waals surface area contributed by atoms with E-state index in [4.69, 9.17) is 0 Å². The minimum atomic E-state index is 0.135. The molecule has 1 aliphatic heterocycles. The Morgan fingerprint density at radius 3 is 2.50 bits per heavy atom. The van der Waals surface area contributed by atoms with Crippen LogP contribution >= 0.6 is 0 Å². The van der Waals surface area contributed by atoms with E-state index in [0.29, 0.717) is 0 Å². The van der Waals surface area contributed by atoms with Gasteiger partial charge in [0, 0.05) is 45.2 Å². The maximum Gasteiger partial charge on any atom is 0.223 e. The molecule has 2 aliphatic rings. The maximum absolute atomic E-state index is 12.2. The lowest BCUT2D eigenvalue weighted by atomic mass is 10.1. The van der Waals surface area contributed by atoms with Gasteiger partial charge in [-0.05, 0) is 24.0 Å². The zero-order valence-electron chi connectivity index (χ0n) is 11.9. The molecule has 1 fully saturated rings. The lowest BCUT2D eigenvalue weighted by molar-refractivity contribution is -0.124. The fourth-order valence-corrected chi connectivity index (χ4v) is 3.16. The van der Waals surface area contributed by atoms with Crippen LogP contribution in [-0.4, -0.2) is 50.1 Å². The van der Waals surface area contributed by atoms with E-state index in [-0.39, 0.29) is 11.8 Å². The molecule has 0 atom stereocenters. The molecular formula is C16H23N3O. The first-order chi connectivity index (χ1) is 9.83. The fourth-order valence-electron chi connectivity index (χ4n) is 3.16. The van der Waals surface area contributed by atoms with E-state index < -0.39 is 0 Å². The van der Waals surface area contributed by atoms with Crippen molar-refractivity contribution in [2.75, 3.05) is 39.3 Å². The van der Waals surface area contributed by atoms with E-state index in [2.05, 4.69) is 39.8 Å². The average Bonchev–Trinajstić information content (AvgIpc) is 2.92. The standard InChI is InChI=1S/C16H23N3O/c20-16(18-7-10-19-8-5-17-6-9-19)15-11-13-3-1-2-4-14(13)12-15/h1-4,15,17H,5-12H2,(H,18,20). The van der Waals surface area contributed by atoms with E-state index in [9.17, 15) is 4.79 Å². The van der Waals surface area contributed by atoms with Crippen LogP contribution in [0.1, 0.15) is 11.1 Å². The Balaban J connectivity index is 1.42. The van der Waals surface area contributed by atoms with Gasteiger partial charge in [-0.25, -0.2) is 0 Å². The summed E-state index contributed by atoms with van der Waals surface area (Å²) in [4.78, 5) is 14.6. The zero-order chi connectivity index (χ0) is 13.8. The summed E-state index contributed by atoms with van der Waals surface area (Å²) in [5.74, 6) is 0.353. The molecule has 1 heterocycles.